The molecule has 0 radical (unpaired) electrons. The molecule has 148 valence electrons. The van der Waals surface area contributed by atoms with Crippen LogP contribution in [0.4, 0.5) is 0 Å². The fourth-order valence-electron chi connectivity index (χ4n) is 3.34. The molecule has 0 saturated heterocycles. The minimum Gasteiger partial charge on any atom is -0.378 e. The van der Waals surface area contributed by atoms with Crippen LogP contribution >= 0.6 is 0 Å². The molecule has 0 bridgehead atoms. The highest BCUT2D eigenvalue weighted by Crippen LogP contribution is 2.30. The van der Waals surface area contributed by atoms with Gasteiger partial charge in [0.25, 0.3) is 0 Å². The Morgan fingerprint density at radius 2 is 2.04 bits per heavy atom. The Labute approximate surface area is 157 Å². The molecule has 2 rings (SSSR count). The van der Waals surface area contributed by atoms with E-state index in [0.29, 0.717) is 30.3 Å². The minimum atomic E-state index is -0.139. The van der Waals surface area contributed by atoms with Gasteiger partial charge in [0.05, 0.1) is 12.6 Å². The first-order valence-electron chi connectivity index (χ1n) is 9.83. The predicted octanol–water partition coefficient (Wildman–Crippen LogP) is 3.02. The molecule has 1 atom stereocenters. The predicted molar refractivity (Wildman–Crippen MR) is 103 cm³/mol. The highest BCUT2D eigenvalue weighted by atomic mass is 16.5. The molecular weight excluding hydrogens is 330 g/mol. The SMILES string of the molecule is CCOC(CCNC(=NC)NCc1noc(C(C)(C)C)n1)C1CCCC1. The molecule has 7 heteroatoms. The van der Waals surface area contributed by atoms with Crippen LogP contribution in [0.1, 0.15) is 71.5 Å². The van der Waals surface area contributed by atoms with Gasteiger partial charge < -0.3 is 19.9 Å². The minimum absolute atomic E-state index is 0.139. The van der Waals surface area contributed by atoms with E-state index in [1.54, 1.807) is 7.05 Å². The number of rotatable bonds is 8. The van der Waals surface area contributed by atoms with Gasteiger partial charge in [-0.2, -0.15) is 4.98 Å². The standard InChI is InChI=1S/C19H35N5O2/c1-6-25-15(14-9-7-8-10-14)11-12-21-18(20-5)22-13-16-23-17(26-24-16)19(2,3)4/h14-15H,6-13H2,1-5H3,(H2,20,21,22). The van der Waals surface area contributed by atoms with E-state index in [9.17, 15) is 0 Å². The van der Waals surface area contributed by atoms with Gasteiger partial charge in [-0.05, 0) is 32.1 Å². The van der Waals surface area contributed by atoms with E-state index in [-0.39, 0.29) is 5.41 Å². The van der Waals surface area contributed by atoms with Crippen molar-refractivity contribution in [2.45, 2.75) is 77.9 Å². The van der Waals surface area contributed by atoms with E-state index in [1.807, 2.05) is 0 Å². The molecule has 1 fully saturated rings. The monoisotopic (exact) mass is 365 g/mol. The summed E-state index contributed by atoms with van der Waals surface area (Å²) < 4.78 is 11.3. The highest BCUT2D eigenvalue weighted by molar-refractivity contribution is 5.79. The van der Waals surface area contributed by atoms with Crippen LogP contribution in [0, 0.1) is 5.92 Å². The van der Waals surface area contributed by atoms with Crippen molar-refractivity contribution in [2.75, 3.05) is 20.2 Å². The van der Waals surface area contributed by atoms with Crippen LogP contribution in [0.3, 0.4) is 0 Å². The molecule has 26 heavy (non-hydrogen) atoms. The smallest absolute Gasteiger partial charge is 0.232 e. The van der Waals surface area contributed by atoms with Crippen LogP contribution in [0.25, 0.3) is 0 Å². The topological polar surface area (TPSA) is 84.6 Å². The number of nitrogens with zero attached hydrogens (tertiary/aromatic N) is 3. The maximum absolute atomic E-state index is 5.97. The molecule has 0 spiro atoms. The molecule has 1 aromatic heterocycles. The van der Waals surface area contributed by atoms with Gasteiger partial charge in [-0.3, -0.25) is 4.99 Å². The molecule has 0 aliphatic heterocycles. The van der Waals surface area contributed by atoms with E-state index in [1.165, 1.54) is 25.7 Å². The Morgan fingerprint density at radius 3 is 2.62 bits per heavy atom. The second-order valence-electron chi connectivity index (χ2n) is 7.95. The van der Waals surface area contributed by atoms with E-state index in [4.69, 9.17) is 9.26 Å². The van der Waals surface area contributed by atoms with Crippen molar-refractivity contribution < 1.29 is 9.26 Å². The molecule has 2 N–H and O–H groups in total. The average molecular weight is 366 g/mol. The van der Waals surface area contributed by atoms with E-state index in [0.717, 1.165) is 25.5 Å². The quantitative estimate of drug-likeness (QED) is 0.544. The third-order valence-electron chi connectivity index (χ3n) is 4.77. The molecule has 1 unspecified atom stereocenters. The lowest BCUT2D eigenvalue weighted by molar-refractivity contribution is 0.0169. The van der Waals surface area contributed by atoms with Gasteiger partial charge >= 0.3 is 0 Å². The van der Waals surface area contributed by atoms with Gasteiger partial charge in [0, 0.05) is 25.6 Å². The largest absolute Gasteiger partial charge is 0.378 e. The lowest BCUT2D eigenvalue weighted by Crippen LogP contribution is -2.39. The summed E-state index contributed by atoms with van der Waals surface area (Å²) in [5, 5.41) is 10.6. The molecule has 1 saturated carbocycles. The average Bonchev–Trinajstić information content (AvgIpc) is 3.28. The Kier molecular flexibility index (Phi) is 7.87. The summed E-state index contributed by atoms with van der Waals surface area (Å²) >= 11 is 0. The molecule has 7 nitrogen and oxygen atoms in total. The molecule has 1 aromatic rings. The summed E-state index contributed by atoms with van der Waals surface area (Å²) in [5.41, 5.74) is -0.139. The lowest BCUT2D eigenvalue weighted by atomic mass is 9.97. The molecule has 0 aromatic carbocycles. The summed E-state index contributed by atoms with van der Waals surface area (Å²) in [4.78, 5) is 8.70. The van der Waals surface area contributed by atoms with Gasteiger partial charge in [0.2, 0.25) is 5.89 Å². The van der Waals surface area contributed by atoms with Crippen molar-refractivity contribution in [3.8, 4) is 0 Å². The van der Waals surface area contributed by atoms with E-state index in [2.05, 4.69) is 53.5 Å². The molecule has 0 amide bonds. The van der Waals surface area contributed by atoms with Crippen molar-refractivity contribution in [3.05, 3.63) is 11.7 Å². The first-order chi connectivity index (χ1) is 12.4. The second-order valence-corrected chi connectivity index (χ2v) is 7.95. The molecule has 1 aliphatic rings. The summed E-state index contributed by atoms with van der Waals surface area (Å²) in [7, 11) is 1.77. The first kappa shape index (κ1) is 20.7. The lowest BCUT2D eigenvalue weighted by Gasteiger charge is -2.23. The second kappa shape index (κ2) is 9.90. The van der Waals surface area contributed by atoms with Crippen LogP contribution in [-0.2, 0) is 16.7 Å². The van der Waals surface area contributed by atoms with E-state index >= 15 is 0 Å². The summed E-state index contributed by atoms with van der Waals surface area (Å²) in [6.07, 6.45) is 6.62. The van der Waals surface area contributed by atoms with Gasteiger partial charge in [-0.25, -0.2) is 0 Å². The third-order valence-corrected chi connectivity index (χ3v) is 4.77. The zero-order chi connectivity index (χ0) is 19.0. The Bertz CT molecular complexity index is 559. The number of guanidine groups is 1. The Morgan fingerprint density at radius 1 is 1.31 bits per heavy atom. The van der Waals surface area contributed by atoms with Crippen LogP contribution < -0.4 is 10.6 Å². The van der Waals surface area contributed by atoms with Crippen LogP contribution in [0.15, 0.2) is 9.52 Å². The fraction of sp³-hybridized carbons (Fsp3) is 0.842. The van der Waals surface area contributed by atoms with Crippen molar-refractivity contribution in [1.29, 1.82) is 0 Å². The normalized spacial score (nSPS) is 17.5. The Hall–Kier alpha value is -1.63. The van der Waals surface area contributed by atoms with Crippen molar-refractivity contribution in [1.82, 2.24) is 20.8 Å². The number of aliphatic imine (C=N–C) groups is 1. The molecule has 1 aliphatic carbocycles. The zero-order valence-corrected chi connectivity index (χ0v) is 17.0. The number of nitrogens with one attached hydrogen (secondary N) is 2. The van der Waals surface area contributed by atoms with Gasteiger partial charge in [0.1, 0.15) is 0 Å². The number of hydrogen-bond acceptors (Lipinski definition) is 5. The number of aromatic nitrogens is 2. The molecular formula is C19H35N5O2. The summed E-state index contributed by atoms with van der Waals surface area (Å²) in [6.45, 7) is 10.3. The van der Waals surface area contributed by atoms with Crippen LogP contribution in [0.2, 0.25) is 0 Å². The van der Waals surface area contributed by atoms with Gasteiger partial charge in [-0.1, -0.05) is 38.8 Å². The summed E-state index contributed by atoms with van der Waals surface area (Å²) in [6, 6.07) is 0. The highest BCUT2D eigenvalue weighted by Gasteiger charge is 2.25. The van der Waals surface area contributed by atoms with E-state index < -0.39 is 0 Å². The fourth-order valence-corrected chi connectivity index (χ4v) is 3.34. The maximum Gasteiger partial charge on any atom is 0.232 e. The van der Waals surface area contributed by atoms with Crippen LogP contribution in [-0.4, -0.2) is 42.4 Å². The summed E-state index contributed by atoms with van der Waals surface area (Å²) in [5.74, 6) is 2.74. The molecule has 1 heterocycles. The maximum atomic E-state index is 5.97. The van der Waals surface area contributed by atoms with Crippen molar-refractivity contribution >= 4 is 5.96 Å². The Balaban J connectivity index is 1.75. The third kappa shape index (κ3) is 6.27. The van der Waals surface area contributed by atoms with Gasteiger partial charge in [-0.15, -0.1) is 0 Å². The first-order valence-corrected chi connectivity index (χ1v) is 9.83. The zero-order valence-electron chi connectivity index (χ0n) is 17.0. The number of ether oxygens (including phenoxy) is 1. The number of hydrogen-bond donors (Lipinski definition) is 2. The van der Waals surface area contributed by atoms with Gasteiger partial charge in [0.15, 0.2) is 11.8 Å². The van der Waals surface area contributed by atoms with Crippen molar-refractivity contribution in [2.24, 2.45) is 10.9 Å². The van der Waals surface area contributed by atoms with Crippen molar-refractivity contribution in [3.63, 3.8) is 0 Å². The van der Waals surface area contributed by atoms with Crippen LogP contribution in [0.5, 0.6) is 0 Å².